The van der Waals surface area contributed by atoms with Crippen LogP contribution in [0.1, 0.15) is 18.1 Å². The summed E-state index contributed by atoms with van der Waals surface area (Å²) in [5.41, 5.74) is 2.51. The Balaban J connectivity index is 0.00000156. The lowest BCUT2D eigenvalue weighted by molar-refractivity contribution is -0.126. The number of nitrogens with zero attached hydrogens (tertiary/aromatic N) is 1. The molecule has 5 nitrogen and oxygen atoms in total. The number of halogens is 2. The Bertz CT molecular complexity index is 535. The zero-order chi connectivity index (χ0) is 16.1. The van der Waals surface area contributed by atoms with E-state index in [1.807, 2.05) is 13.0 Å². The number of morpholine rings is 1. The minimum absolute atomic E-state index is 0. The van der Waals surface area contributed by atoms with Gasteiger partial charge in [-0.15, -0.1) is 24.8 Å². The molecule has 25 heavy (non-hydrogen) atoms. The van der Waals surface area contributed by atoms with Gasteiger partial charge in [0.1, 0.15) is 0 Å². The predicted octanol–water partition coefficient (Wildman–Crippen LogP) is 1.83. The Morgan fingerprint density at radius 1 is 1.24 bits per heavy atom. The third kappa shape index (κ3) is 6.12. The molecule has 0 radical (unpaired) electrons. The van der Waals surface area contributed by atoms with Crippen LogP contribution in [-0.4, -0.2) is 50.2 Å². The summed E-state index contributed by atoms with van der Waals surface area (Å²) in [6.07, 6.45) is 0. The maximum Gasteiger partial charge on any atom is 0.223 e. The summed E-state index contributed by atoms with van der Waals surface area (Å²) in [5, 5.41) is 6.35. The van der Waals surface area contributed by atoms with Gasteiger partial charge in [0.2, 0.25) is 5.91 Å². The van der Waals surface area contributed by atoms with Crippen LogP contribution in [0, 0.1) is 11.8 Å². The maximum absolute atomic E-state index is 12.3. The fourth-order valence-corrected chi connectivity index (χ4v) is 3.11. The van der Waals surface area contributed by atoms with Crippen molar-refractivity contribution in [1.82, 2.24) is 15.5 Å². The second-order valence-electron chi connectivity index (χ2n) is 6.58. The molecule has 2 N–H and O–H groups in total. The van der Waals surface area contributed by atoms with E-state index in [1.165, 1.54) is 11.1 Å². The van der Waals surface area contributed by atoms with Crippen LogP contribution in [0.2, 0.25) is 0 Å². The molecule has 0 aromatic heterocycles. The highest BCUT2D eigenvalue weighted by atomic mass is 35.5. The molecule has 0 bridgehead atoms. The molecule has 0 aliphatic carbocycles. The van der Waals surface area contributed by atoms with Crippen LogP contribution in [0.25, 0.3) is 0 Å². The Morgan fingerprint density at radius 2 is 1.88 bits per heavy atom. The summed E-state index contributed by atoms with van der Waals surface area (Å²) in [6, 6.07) is 8.40. The number of carbonyl (C=O) groups excluding carboxylic acids is 1. The summed E-state index contributed by atoms with van der Waals surface area (Å²) in [7, 11) is 0. The van der Waals surface area contributed by atoms with Crippen molar-refractivity contribution < 1.29 is 9.53 Å². The van der Waals surface area contributed by atoms with E-state index in [9.17, 15) is 4.79 Å². The lowest BCUT2D eigenvalue weighted by atomic mass is 9.88. The van der Waals surface area contributed by atoms with Crippen LogP contribution in [0.15, 0.2) is 24.3 Å². The van der Waals surface area contributed by atoms with Crippen molar-refractivity contribution in [3.63, 3.8) is 0 Å². The maximum atomic E-state index is 12.3. The highest BCUT2D eigenvalue weighted by Crippen LogP contribution is 2.17. The highest BCUT2D eigenvalue weighted by molar-refractivity contribution is 5.85. The second kappa shape index (κ2) is 11.0. The summed E-state index contributed by atoms with van der Waals surface area (Å²) in [6.45, 7) is 9.07. The Labute approximate surface area is 162 Å². The van der Waals surface area contributed by atoms with E-state index < -0.39 is 0 Å². The van der Waals surface area contributed by atoms with Gasteiger partial charge in [0.05, 0.1) is 13.2 Å². The zero-order valence-electron chi connectivity index (χ0n) is 14.7. The Hall–Kier alpha value is -0.850. The molecule has 1 aromatic rings. The molecule has 1 amide bonds. The third-order valence-electron chi connectivity index (χ3n) is 5.00. The molecular weight excluding hydrogens is 361 g/mol. The van der Waals surface area contributed by atoms with Gasteiger partial charge >= 0.3 is 0 Å². The molecule has 2 saturated heterocycles. The van der Waals surface area contributed by atoms with Gasteiger partial charge in [-0.1, -0.05) is 31.2 Å². The summed E-state index contributed by atoms with van der Waals surface area (Å²) >= 11 is 0. The van der Waals surface area contributed by atoms with Gasteiger partial charge in [0, 0.05) is 32.1 Å². The standard InChI is InChI=1S/C18H27N3O2.2ClH/c1-14(17-10-19-11-17)18(22)20-12-15-4-2-3-5-16(15)13-21-6-8-23-9-7-21;;/h2-5,14,17,19H,6-13H2,1H3,(H,20,22);2*1H. The molecule has 142 valence electrons. The van der Waals surface area contributed by atoms with E-state index in [0.717, 1.165) is 45.9 Å². The first kappa shape index (κ1) is 22.2. The monoisotopic (exact) mass is 389 g/mol. The predicted molar refractivity (Wildman–Crippen MR) is 104 cm³/mol. The van der Waals surface area contributed by atoms with E-state index in [4.69, 9.17) is 4.74 Å². The van der Waals surface area contributed by atoms with Gasteiger partial charge in [-0.25, -0.2) is 0 Å². The normalized spacial score (nSPS) is 19.1. The summed E-state index contributed by atoms with van der Waals surface area (Å²) in [5.74, 6) is 0.735. The van der Waals surface area contributed by atoms with Crippen molar-refractivity contribution in [3.8, 4) is 0 Å². The van der Waals surface area contributed by atoms with Crippen molar-refractivity contribution in [1.29, 1.82) is 0 Å². The zero-order valence-corrected chi connectivity index (χ0v) is 16.3. The van der Waals surface area contributed by atoms with Gasteiger partial charge in [0.15, 0.2) is 0 Å². The summed E-state index contributed by atoms with van der Waals surface area (Å²) in [4.78, 5) is 14.7. The first-order valence-electron chi connectivity index (χ1n) is 8.59. The fraction of sp³-hybridized carbons (Fsp3) is 0.611. The van der Waals surface area contributed by atoms with Crippen LogP contribution in [0.4, 0.5) is 0 Å². The van der Waals surface area contributed by atoms with Crippen LogP contribution in [-0.2, 0) is 22.6 Å². The van der Waals surface area contributed by atoms with Crippen LogP contribution in [0.3, 0.4) is 0 Å². The highest BCUT2D eigenvalue weighted by Gasteiger charge is 2.28. The third-order valence-corrected chi connectivity index (χ3v) is 5.00. The van der Waals surface area contributed by atoms with Gasteiger partial charge < -0.3 is 15.4 Å². The van der Waals surface area contributed by atoms with E-state index in [-0.39, 0.29) is 36.6 Å². The average Bonchev–Trinajstić information content (AvgIpc) is 2.53. The number of rotatable bonds is 6. The smallest absolute Gasteiger partial charge is 0.223 e. The van der Waals surface area contributed by atoms with Gasteiger partial charge in [-0.2, -0.15) is 0 Å². The number of amides is 1. The lowest BCUT2D eigenvalue weighted by Gasteiger charge is -2.31. The largest absolute Gasteiger partial charge is 0.379 e. The molecule has 0 spiro atoms. The quantitative estimate of drug-likeness (QED) is 0.779. The van der Waals surface area contributed by atoms with Crippen molar-refractivity contribution in [2.45, 2.75) is 20.0 Å². The van der Waals surface area contributed by atoms with Crippen LogP contribution in [0.5, 0.6) is 0 Å². The van der Waals surface area contributed by atoms with E-state index in [0.29, 0.717) is 12.5 Å². The van der Waals surface area contributed by atoms with E-state index in [2.05, 4.69) is 33.7 Å². The molecule has 0 saturated carbocycles. The first-order chi connectivity index (χ1) is 11.2. The second-order valence-corrected chi connectivity index (χ2v) is 6.58. The van der Waals surface area contributed by atoms with Crippen molar-refractivity contribution in [2.24, 2.45) is 11.8 Å². The number of hydrogen-bond donors (Lipinski definition) is 2. The molecule has 2 aliphatic heterocycles. The molecule has 2 aliphatic rings. The molecule has 2 heterocycles. The minimum atomic E-state index is 0. The van der Waals surface area contributed by atoms with Gasteiger partial charge in [0.25, 0.3) is 0 Å². The molecule has 1 aromatic carbocycles. The minimum Gasteiger partial charge on any atom is -0.379 e. The molecule has 7 heteroatoms. The number of nitrogens with one attached hydrogen (secondary N) is 2. The molecule has 2 fully saturated rings. The lowest BCUT2D eigenvalue weighted by Crippen LogP contribution is -2.49. The van der Waals surface area contributed by atoms with Crippen LogP contribution >= 0.6 is 24.8 Å². The Morgan fingerprint density at radius 3 is 2.48 bits per heavy atom. The van der Waals surface area contributed by atoms with Crippen molar-refractivity contribution in [2.75, 3.05) is 39.4 Å². The van der Waals surface area contributed by atoms with Gasteiger partial charge in [-0.05, 0) is 30.1 Å². The molecule has 1 atom stereocenters. The summed E-state index contributed by atoms with van der Waals surface area (Å²) < 4.78 is 5.41. The van der Waals surface area contributed by atoms with Gasteiger partial charge in [-0.3, -0.25) is 9.69 Å². The molecule has 3 rings (SSSR count). The SMILES string of the molecule is CC(C(=O)NCc1ccccc1CN1CCOCC1)C1CNC1.Cl.Cl. The fourth-order valence-electron chi connectivity index (χ4n) is 3.11. The Kier molecular flexibility index (Phi) is 9.75. The topological polar surface area (TPSA) is 53.6 Å². The van der Waals surface area contributed by atoms with Crippen molar-refractivity contribution in [3.05, 3.63) is 35.4 Å². The number of benzene rings is 1. The number of carbonyl (C=O) groups is 1. The number of ether oxygens (including phenoxy) is 1. The molecular formula is C18H29Cl2N3O2. The van der Waals surface area contributed by atoms with Crippen molar-refractivity contribution >= 4 is 30.7 Å². The average molecular weight is 390 g/mol. The number of hydrogen-bond acceptors (Lipinski definition) is 4. The van der Waals surface area contributed by atoms with Crippen LogP contribution < -0.4 is 10.6 Å². The molecule has 1 unspecified atom stereocenters. The van der Waals surface area contributed by atoms with E-state index in [1.54, 1.807) is 0 Å². The van der Waals surface area contributed by atoms with E-state index >= 15 is 0 Å². The first-order valence-corrected chi connectivity index (χ1v) is 8.59.